The number of benzene rings is 1. The van der Waals surface area contributed by atoms with Gasteiger partial charge >= 0.3 is 0 Å². The Morgan fingerprint density at radius 3 is 2.52 bits per heavy atom. The number of piperidine rings is 1. The quantitative estimate of drug-likeness (QED) is 0.709. The predicted octanol–water partition coefficient (Wildman–Crippen LogP) is 2.29. The lowest BCUT2D eigenvalue weighted by Gasteiger charge is -2.31. The third-order valence-electron chi connectivity index (χ3n) is 3.87. The molecular formula is C17H28N2O2. The highest BCUT2D eigenvalue weighted by Crippen LogP contribution is 2.14. The molecule has 0 aromatic heterocycles. The summed E-state index contributed by atoms with van der Waals surface area (Å²) < 4.78 is 11.5. The van der Waals surface area contributed by atoms with Crippen molar-refractivity contribution in [3.8, 4) is 5.75 Å². The number of likely N-dealkylation sites (tertiary alicyclic amines) is 1. The first-order valence-corrected chi connectivity index (χ1v) is 8.10. The molecule has 0 bridgehead atoms. The second-order valence-electron chi connectivity index (χ2n) is 5.57. The SMILES string of the molecule is NCCCOC1CCN(CCCOc2ccccc2)CC1. The molecule has 4 heteroatoms. The summed E-state index contributed by atoms with van der Waals surface area (Å²) in [6.45, 7) is 5.71. The summed E-state index contributed by atoms with van der Waals surface area (Å²) >= 11 is 0. The van der Waals surface area contributed by atoms with E-state index >= 15 is 0 Å². The van der Waals surface area contributed by atoms with E-state index in [0.29, 0.717) is 6.10 Å². The normalized spacial score (nSPS) is 17.0. The van der Waals surface area contributed by atoms with E-state index in [0.717, 1.165) is 70.8 Å². The Morgan fingerprint density at radius 2 is 1.81 bits per heavy atom. The molecule has 1 aromatic carbocycles. The molecule has 0 atom stereocenters. The average molecular weight is 292 g/mol. The van der Waals surface area contributed by atoms with E-state index in [1.165, 1.54) is 0 Å². The Hall–Kier alpha value is -1.10. The third kappa shape index (κ3) is 6.46. The van der Waals surface area contributed by atoms with Crippen LogP contribution >= 0.6 is 0 Å². The van der Waals surface area contributed by atoms with E-state index in [-0.39, 0.29) is 0 Å². The number of nitrogens with two attached hydrogens (primary N) is 1. The monoisotopic (exact) mass is 292 g/mol. The molecule has 1 saturated heterocycles. The van der Waals surface area contributed by atoms with Gasteiger partial charge in [-0.2, -0.15) is 0 Å². The summed E-state index contributed by atoms with van der Waals surface area (Å²) in [7, 11) is 0. The van der Waals surface area contributed by atoms with Crippen molar-refractivity contribution in [2.45, 2.75) is 31.8 Å². The summed E-state index contributed by atoms with van der Waals surface area (Å²) in [5.41, 5.74) is 5.48. The van der Waals surface area contributed by atoms with Crippen molar-refractivity contribution in [3.63, 3.8) is 0 Å². The molecule has 21 heavy (non-hydrogen) atoms. The maximum atomic E-state index is 5.82. The molecule has 1 fully saturated rings. The summed E-state index contributed by atoms with van der Waals surface area (Å²) in [4.78, 5) is 2.51. The smallest absolute Gasteiger partial charge is 0.119 e. The first-order chi connectivity index (χ1) is 10.4. The van der Waals surface area contributed by atoms with Crippen LogP contribution in [0.25, 0.3) is 0 Å². The van der Waals surface area contributed by atoms with Crippen molar-refractivity contribution in [2.75, 3.05) is 39.4 Å². The number of hydrogen-bond acceptors (Lipinski definition) is 4. The maximum absolute atomic E-state index is 5.82. The topological polar surface area (TPSA) is 47.7 Å². The maximum Gasteiger partial charge on any atom is 0.119 e. The highest BCUT2D eigenvalue weighted by Gasteiger charge is 2.18. The van der Waals surface area contributed by atoms with Crippen LogP contribution in [0.2, 0.25) is 0 Å². The molecule has 118 valence electrons. The van der Waals surface area contributed by atoms with E-state index in [2.05, 4.69) is 4.90 Å². The molecule has 2 rings (SSSR count). The van der Waals surface area contributed by atoms with E-state index in [4.69, 9.17) is 15.2 Å². The van der Waals surface area contributed by atoms with Gasteiger partial charge in [-0.25, -0.2) is 0 Å². The second kappa shape index (κ2) is 9.77. The zero-order chi connectivity index (χ0) is 14.8. The minimum Gasteiger partial charge on any atom is -0.494 e. The highest BCUT2D eigenvalue weighted by atomic mass is 16.5. The van der Waals surface area contributed by atoms with Crippen LogP contribution in [0.5, 0.6) is 5.75 Å². The van der Waals surface area contributed by atoms with Crippen molar-refractivity contribution in [2.24, 2.45) is 5.73 Å². The van der Waals surface area contributed by atoms with Crippen LogP contribution < -0.4 is 10.5 Å². The lowest BCUT2D eigenvalue weighted by atomic mass is 10.1. The number of hydrogen-bond donors (Lipinski definition) is 1. The van der Waals surface area contributed by atoms with E-state index < -0.39 is 0 Å². The van der Waals surface area contributed by atoms with Crippen LogP contribution in [-0.2, 0) is 4.74 Å². The van der Waals surface area contributed by atoms with Gasteiger partial charge in [0.1, 0.15) is 5.75 Å². The third-order valence-corrected chi connectivity index (χ3v) is 3.87. The van der Waals surface area contributed by atoms with Gasteiger partial charge in [0, 0.05) is 26.2 Å². The van der Waals surface area contributed by atoms with E-state index in [1.54, 1.807) is 0 Å². The highest BCUT2D eigenvalue weighted by molar-refractivity contribution is 5.20. The fourth-order valence-corrected chi connectivity index (χ4v) is 2.63. The van der Waals surface area contributed by atoms with E-state index in [9.17, 15) is 0 Å². The second-order valence-corrected chi connectivity index (χ2v) is 5.57. The zero-order valence-corrected chi connectivity index (χ0v) is 12.9. The molecule has 1 aliphatic heterocycles. The van der Waals surface area contributed by atoms with Gasteiger partial charge in [-0.3, -0.25) is 0 Å². The van der Waals surface area contributed by atoms with Crippen LogP contribution in [-0.4, -0.2) is 50.4 Å². The molecule has 1 heterocycles. The van der Waals surface area contributed by atoms with Crippen LogP contribution in [0.1, 0.15) is 25.7 Å². The Kier molecular flexibility index (Phi) is 7.57. The molecule has 1 aromatic rings. The van der Waals surface area contributed by atoms with Crippen molar-refractivity contribution in [3.05, 3.63) is 30.3 Å². The van der Waals surface area contributed by atoms with Gasteiger partial charge in [0.15, 0.2) is 0 Å². The first kappa shape index (κ1) is 16.3. The molecule has 0 radical (unpaired) electrons. The summed E-state index contributed by atoms with van der Waals surface area (Å²) in [6.07, 6.45) is 4.77. The Balaban J connectivity index is 1.51. The molecule has 4 nitrogen and oxygen atoms in total. The Labute approximate surface area is 128 Å². The summed E-state index contributed by atoms with van der Waals surface area (Å²) in [5, 5.41) is 0. The molecule has 0 amide bonds. The van der Waals surface area contributed by atoms with Gasteiger partial charge < -0.3 is 20.1 Å². The minimum atomic E-state index is 0.438. The minimum absolute atomic E-state index is 0.438. The number of rotatable bonds is 9. The Morgan fingerprint density at radius 1 is 1.05 bits per heavy atom. The van der Waals surface area contributed by atoms with Crippen molar-refractivity contribution in [1.29, 1.82) is 0 Å². The van der Waals surface area contributed by atoms with Crippen LogP contribution in [0.4, 0.5) is 0 Å². The fourth-order valence-electron chi connectivity index (χ4n) is 2.63. The van der Waals surface area contributed by atoms with Crippen molar-refractivity contribution < 1.29 is 9.47 Å². The van der Waals surface area contributed by atoms with Gasteiger partial charge in [-0.1, -0.05) is 18.2 Å². The molecule has 0 saturated carbocycles. The van der Waals surface area contributed by atoms with Crippen LogP contribution in [0.3, 0.4) is 0 Å². The van der Waals surface area contributed by atoms with Gasteiger partial charge in [0.05, 0.1) is 12.7 Å². The van der Waals surface area contributed by atoms with Gasteiger partial charge in [-0.15, -0.1) is 0 Å². The average Bonchev–Trinajstić information content (AvgIpc) is 2.54. The van der Waals surface area contributed by atoms with Gasteiger partial charge in [-0.05, 0) is 44.4 Å². The van der Waals surface area contributed by atoms with Crippen LogP contribution in [0.15, 0.2) is 30.3 Å². The van der Waals surface area contributed by atoms with Gasteiger partial charge in [0.25, 0.3) is 0 Å². The molecule has 0 unspecified atom stereocenters. The lowest BCUT2D eigenvalue weighted by Crippen LogP contribution is -2.38. The molecule has 1 aliphatic rings. The summed E-state index contributed by atoms with van der Waals surface area (Å²) in [6, 6.07) is 10.0. The largest absolute Gasteiger partial charge is 0.494 e. The lowest BCUT2D eigenvalue weighted by molar-refractivity contribution is 0.00656. The summed E-state index contributed by atoms with van der Waals surface area (Å²) in [5.74, 6) is 0.963. The molecule has 0 aliphatic carbocycles. The Bertz CT molecular complexity index is 364. The number of para-hydroxylation sites is 1. The first-order valence-electron chi connectivity index (χ1n) is 8.10. The molecule has 2 N–H and O–H groups in total. The van der Waals surface area contributed by atoms with Gasteiger partial charge in [0.2, 0.25) is 0 Å². The fraction of sp³-hybridized carbons (Fsp3) is 0.647. The molecular weight excluding hydrogens is 264 g/mol. The van der Waals surface area contributed by atoms with Crippen LogP contribution in [0, 0.1) is 0 Å². The van der Waals surface area contributed by atoms with Crippen molar-refractivity contribution in [1.82, 2.24) is 4.90 Å². The van der Waals surface area contributed by atoms with Crippen molar-refractivity contribution >= 4 is 0 Å². The standard InChI is InChI=1S/C17H28N2O2/c18-10-4-14-20-17-8-12-19(13-9-17)11-5-15-21-16-6-2-1-3-7-16/h1-3,6-7,17H,4-5,8-15,18H2. The number of ether oxygens (including phenoxy) is 2. The molecule has 0 spiro atoms. The predicted molar refractivity (Wildman–Crippen MR) is 85.6 cm³/mol. The zero-order valence-electron chi connectivity index (χ0n) is 12.9. The van der Waals surface area contributed by atoms with E-state index in [1.807, 2.05) is 30.3 Å². The number of nitrogens with zero attached hydrogens (tertiary/aromatic N) is 1.